The number of nitrogens with zero attached hydrogens (tertiary/aromatic N) is 2. The lowest BCUT2D eigenvalue weighted by molar-refractivity contribution is 0.0912. The van der Waals surface area contributed by atoms with Gasteiger partial charge in [-0.2, -0.15) is 0 Å². The first-order chi connectivity index (χ1) is 10.2. The summed E-state index contributed by atoms with van der Waals surface area (Å²) < 4.78 is 0. The number of pyridine rings is 2. The number of nitrogens with one attached hydrogen (secondary N) is 2. The van der Waals surface area contributed by atoms with Crippen LogP contribution in [0.25, 0.3) is 0 Å². The molecule has 0 radical (unpaired) electrons. The molecule has 2 amide bonds. The van der Waals surface area contributed by atoms with Crippen molar-refractivity contribution in [2.24, 2.45) is 0 Å². The first kappa shape index (κ1) is 20.8. The Balaban J connectivity index is 0.00000242. The molecule has 2 N–H and O–H groups in total. The van der Waals surface area contributed by atoms with Crippen LogP contribution in [-0.2, 0) is 0 Å². The highest BCUT2D eigenvalue weighted by Crippen LogP contribution is 1.97. The summed E-state index contributed by atoms with van der Waals surface area (Å²) in [6, 6.07) is 6.56. The third-order valence-corrected chi connectivity index (χ3v) is 2.79. The van der Waals surface area contributed by atoms with E-state index >= 15 is 0 Å². The highest BCUT2D eigenvalue weighted by atomic mass is 35.5. The maximum atomic E-state index is 11.9. The molecule has 23 heavy (non-hydrogen) atoms. The van der Waals surface area contributed by atoms with Gasteiger partial charge in [0.1, 0.15) is 0 Å². The van der Waals surface area contributed by atoms with Gasteiger partial charge in [-0.25, -0.2) is 0 Å². The number of hydrogen-bond acceptors (Lipinski definition) is 4. The van der Waals surface area contributed by atoms with Gasteiger partial charge >= 0.3 is 0 Å². The van der Waals surface area contributed by atoms with E-state index in [1.807, 2.05) is 6.92 Å². The average Bonchev–Trinajstić information content (AvgIpc) is 2.54. The van der Waals surface area contributed by atoms with Crippen molar-refractivity contribution in [3.8, 4) is 0 Å². The second-order valence-corrected chi connectivity index (χ2v) is 4.57. The zero-order valence-corrected chi connectivity index (χ0v) is 14.1. The van der Waals surface area contributed by atoms with E-state index in [2.05, 4.69) is 20.6 Å². The van der Waals surface area contributed by atoms with Crippen LogP contribution in [0.1, 0.15) is 27.6 Å². The standard InChI is InChI=1S/C15H16N4O2.2ClH/c1-11(19-15(21)13-5-3-7-17-10-13)8-18-14(20)12-4-2-6-16-9-12;;/h2-7,9-11H,8H2,1H3,(H,18,20)(H,19,21);2*1H. The van der Waals surface area contributed by atoms with Crippen molar-refractivity contribution < 1.29 is 9.59 Å². The number of carbonyl (C=O) groups is 2. The van der Waals surface area contributed by atoms with Crippen LogP contribution in [0, 0.1) is 0 Å². The lowest BCUT2D eigenvalue weighted by atomic mass is 10.2. The van der Waals surface area contributed by atoms with Gasteiger partial charge in [0.2, 0.25) is 0 Å². The molecule has 6 nitrogen and oxygen atoms in total. The van der Waals surface area contributed by atoms with Gasteiger partial charge in [-0.05, 0) is 31.2 Å². The molecular weight excluding hydrogens is 339 g/mol. The molecule has 2 aromatic heterocycles. The Hall–Kier alpha value is -2.18. The summed E-state index contributed by atoms with van der Waals surface area (Å²) >= 11 is 0. The molecule has 8 heteroatoms. The first-order valence-electron chi connectivity index (χ1n) is 6.56. The topological polar surface area (TPSA) is 84.0 Å². The lowest BCUT2D eigenvalue weighted by Gasteiger charge is -2.14. The fourth-order valence-electron chi connectivity index (χ4n) is 1.70. The van der Waals surface area contributed by atoms with Crippen LogP contribution in [0.2, 0.25) is 0 Å². The summed E-state index contributed by atoms with van der Waals surface area (Å²) in [6.07, 6.45) is 6.20. The molecule has 1 atom stereocenters. The Bertz CT molecular complexity index is 611. The predicted molar refractivity (Wildman–Crippen MR) is 92.2 cm³/mol. The van der Waals surface area contributed by atoms with E-state index in [1.54, 1.807) is 36.7 Å². The van der Waals surface area contributed by atoms with Crippen molar-refractivity contribution in [3.05, 3.63) is 60.2 Å². The van der Waals surface area contributed by atoms with Gasteiger partial charge in [0, 0.05) is 37.4 Å². The van der Waals surface area contributed by atoms with E-state index in [-0.39, 0.29) is 42.7 Å². The molecule has 2 aromatic rings. The van der Waals surface area contributed by atoms with Crippen LogP contribution >= 0.6 is 24.8 Å². The summed E-state index contributed by atoms with van der Waals surface area (Å²) in [5, 5.41) is 5.54. The summed E-state index contributed by atoms with van der Waals surface area (Å²) in [5.74, 6) is -0.434. The molecule has 0 saturated heterocycles. The Morgan fingerprint density at radius 1 is 1.00 bits per heavy atom. The van der Waals surface area contributed by atoms with Crippen molar-refractivity contribution in [1.29, 1.82) is 0 Å². The fourth-order valence-corrected chi connectivity index (χ4v) is 1.70. The van der Waals surface area contributed by atoms with Crippen LogP contribution in [-0.4, -0.2) is 34.4 Å². The summed E-state index contributed by atoms with van der Waals surface area (Å²) in [4.78, 5) is 31.5. The molecule has 0 bridgehead atoms. The van der Waals surface area contributed by atoms with Crippen LogP contribution < -0.4 is 10.6 Å². The van der Waals surface area contributed by atoms with Crippen LogP contribution in [0.5, 0.6) is 0 Å². The van der Waals surface area contributed by atoms with Crippen molar-refractivity contribution in [3.63, 3.8) is 0 Å². The third kappa shape index (κ3) is 6.63. The Kier molecular flexibility index (Phi) is 9.53. The van der Waals surface area contributed by atoms with Gasteiger partial charge in [-0.1, -0.05) is 0 Å². The number of hydrogen-bond donors (Lipinski definition) is 2. The van der Waals surface area contributed by atoms with Gasteiger partial charge in [0.25, 0.3) is 11.8 Å². The average molecular weight is 357 g/mol. The largest absolute Gasteiger partial charge is 0.350 e. The van der Waals surface area contributed by atoms with Crippen molar-refractivity contribution in [1.82, 2.24) is 20.6 Å². The first-order valence-corrected chi connectivity index (χ1v) is 6.56. The molecular formula is C15H18Cl2N4O2. The monoisotopic (exact) mass is 356 g/mol. The smallest absolute Gasteiger partial charge is 0.253 e. The van der Waals surface area contributed by atoms with Crippen LogP contribution in [0.4, 0.5) is 0 Å². The molecule has 0 aliphatic carbocycles. The van der Waals surface area contributed by atoms with Gasteiger partial charge in [0.15, 0.2) is 0 Å². The van der Waals surface area contributed by atoms with E-state index in [1.165, 1.54) is 12.4 Å². The summed E-state index contributed by atoms with van der Waals surface area (Å²) in [7, 11) is 0. The van der Waals surface area contributed by atoms with E-state index < -0.39 is 0 Å². The van der Waals surface area contributed by atoms with Gasteiger partial charge < -0.3 is 10.6 Å². The molecule has 124 valence electrons. The van der Waals surface area contributed by atoms with Crippen molar-refractivity contribution in [2.75, 3.05) is 6.54 Å². The minimum absolute atomic E-state index is 0. The maximum Gasteiger partial charge on any atom is 0.253 e. The normalized spacial score (nSPS) is 10.5. The highest BCUT2D eigenvalue weighted by Gasteiger charge is 2.11. The number of aromatic nitrogens is 2. The van der Waals surface area contributed by atoms with Crippen LogP contribution in [0.15, 0.2) is 49.1 Å². The van der Waals surface area contributed by atoms with E-state index in [0.717, 1.165) is 0 Å². The molecule has 0 aromatic carbocycles. The van der Waals surface area contributed by atoms with Gasteiger partial charge in [0.05, 0.1) is 11.1 Å². The quantitative estimate of drug-likeness (QED) is 0.856. The molecule has 0 saturated carbocycles. The Morgan fingerprint density at radius 2 is 1.52 bits per heavy atom. The lowest BCUT2D eigenvalue weighted by Crippen LogP contribution is -2.41. The Labute approximate surface area is 146 Å². The SMILES string of the molecule is CC(CNC(=O)c1cccnc1)NC(=O)c1cccnc1.Cl.Cl. The number of carbonyl (C=O) groups excluding carboxylic acids is 2. The zero-order valence-electron chi connectivity index (χ0n) is 12.4. The highest BCUT2D eigenvalue weighted by molar-refractivity contribution is 5.95. The zero-order chi connectivity index (χ0) is 15.1. The molecule has 1 unspecified atom stereocenters. The molecule has 0 fully saturated rings. The molecule has 0 spiro atoms. The maximum absolute atomic E-state index is 11.9. The van der Waals surface area contributed by atoms with E-state index in [4.69, 9.17) is 0 Å². The number of halogens is 2. The minimum atomic E-state index is -0.217. The fraction of sp³-hybridized carbons (Fsp3) is 0.200. The van der Waals surface area contributed by atoms with E-state index in [9.17, 15) is 9.59 Å². The molecule has 0 aliphatic rings. The number of rotatable bonds is 5. The van der Waals surface area contributed by atoms with Crippen molar-refractivity contribution >= 4 is 36.6 Å². The van der Waals surface area contributed by atoms with Gasteiger partial charge in [-0.15, -0.1) is 24.8 Å². The van der Waals surface area contributed by atoms with E-state index in [0.29, 0.717) is 17.7 Å². The predicted octanol–water partition coefficient (Wildman–Crippen LogP) is 1.87. The number of amides is 2. The molecule has 2 rings (SSSR count). The molecule has 0 aliphatic heterocycles. The molecule has 2 heterocycles. The van der Waals surface area contributed by atoms with Crippen LogP contribution in [0.3, 0.4) is 0 Å². The second-order valence-electron chi connectivity index (χ2n) is 4.57. The minimum Gasteiger partial charge on any atom is -0.350 e. The van der Waals surface area contributed by atoms with Gasteiger partial charge in [-0.3, -0.25) is 19.6 Å². The van der Waals surface area contributed by atoms with Crippen molar-refractivity contribution in [2.45, 2.75) is 13.0 Å². The Morgan fingerprint density at radius 3 is 2.00 bits per heavy atom. The summed E-state index contributed by atoms with van der Waals surface area (Å²) in [6.45, 7) is 2.15. The summed E-state index contributed by atoms with van der Waals surface area (Å²) in [5.41, 5.74) is 0.978. The third-order valence-electron chi connectivity index (χ3n) is 2.79. The second kappa shape index (κ2) is 10.5.